The number of ether oxygens (including phenoxy) is 2. The maximum Gasteiger partial charge on any atom is 0.344 e. The summed E-state index contributed by atoms with van der Waals surface area (Å²) in [6.07, 6.45) is 1.12. The first kappa shape index (κ1) is 16.5. The van der Waals surface area contributed by atoms with Crippen LogP contribution in [-0.2, 0) is 9.53 Å². The van der Waals surface area contributed by atoms with E-state index in [4.69, 9.17) is 9.47 Å². The first-order valence-electron chi connectivity index (χ1n) is 7.20. The zero-order chi connectivity index (χ0) is 15.0. The molecular weight excluding hydrogens is 254 g/mol. The molecule has 1 atom stereocenters. The molecule has 0 heterocycles. The fourth-order valence-corrected chi connectivity index (χ4v) is 1.92. The number of carbonyl (C=O) groups is 1. The molecule has 0 aromatic heterocycles. The van der Waals surface area contributed by atoms with Crippen molar-refractivity contribution < 1.29 is 14.3 Å². The summed E-state index contributed by atoms with van der Waals surface area (Å²) in [4.78, 5) is 11.3. The second-order valence-electron chi connectivity index (χ2n) is 4.79. The summed E-state index contributed by atoms with van der Waals surface area (Å²) in [5.74, 6) is 0.387. The van der Waals surface area contributed by atoms with E-state index in [-0.39, 0.29) is 12.6 Å². The van der Waals surface area contributed by atoms with Crippen LogP contribution >= 0.6 is 0 Å². The molecule has 0 saturated heterocycles. The molecule has 0 bridgehead atoms. The van der Waals surface area contributed by atoms with E-state index in [0.29, 0.717) is 12.6 Å². The molecule has 1 aromatic carbocycles. The first-order chi connectivity index (χ1) is 9.58. The summed E-state index contributed by atoms with van der Waals surface area (Å²) in [6.45, 7) is 9.39. The van der Waals surface area contributed by atoms with Gasteiger partial charge in [0, 0.05) is 6.04 Å². The normalized spacial score (nSPS) is 12.0. The van der Waals surface area contributed by atoms with Crippen molar-refractivity contribution >= 4 is 5.97 Å². The lowest BCUT2D eigenvalue weighted by Gasteiger charge is -2.16. The van der Waals surface area contributed by atoms with Gasteiger partial charge in [0.25, 0.3) is 0 Å². The van der Waals surface area contributed by atoms with Crippen LogP contribution in [-0.4, -0.2) is 25.7 Å². The van der Waals surface area contributed by atoms with Gasteiger partial charge >= 0.3 is 5.97 Å². The van der Waals surface area contributed by atoms with Gasteiger partial charge in [-0.1, -0.05) is 19.1 Å². The molecule has 0 aliphatic rings. The van der Waals surface area contributed by atoms with Gasteiger partial charge < -0.3 is 14.8 Å². The Labute approximate surface area is 121 Å². The topological polar surface area (TPSA) is 47.6 Å². The Morgan fingerprint density at radius 1 is 1.35 bits per heavy atom. The lowest BCUT2D eigenvalue weighted by atomic mass is 10.0. The number of rotatable bonds is 8. The van der Waals surface area contributed by atoms with Crippen molar-refractivity contribution in [2.45, 2.75) is 40.2 Å². The minimum absolute atomic E-state index is 0.0440. The van der Waals surface area contributed by atoms with Gasteiger partial charge in [0.1, 0.15) is 5.75 Å². The second-order valence-corrected chi connectivity index (χ2v) is 4.79. The molecule has 20 heavy (non-hydrogen) atoms. The predicted molar refractivity (Wildman–Crippen MR) is 80.0 cm³/mol. The Hall–Kier alpha value is -1.55. The smallest absolute Gasteiger partial charge is 0.344 e. The third kappa shape index (κ3) is 5.21. The molecule has 0 spiro atoms. The lowest BCUT2D eigenvalue weighted by Crippen LogP contribution is -2.19. The van der Waals surface area contributed by atoms with Crippen LogP contribution in [0.2, 0.25) is 0 Å². The van der Waals surface area contributed by atoms with E-state index in [1.165, 1.54) is 5.56 Å². The van der Waals surface area contributed by atoms with Crippen molar-refractivity contribution in [1.82, 2.24) is 5.32 Å². The molecule has 1 aromatic rings. The third-order valence-electron chi connectivity index (χ3n) is 3.05. The molecule has 1 unspecified atom stereocenters. The highest BCUT2D eigenvalue weighted by Gasteiger charge is 2.09. The SMILES string of the molecule is CCCNC(C)c1ccc(OCC(=O)OCC)c(C)c1. The fraction of sp³-hybridized carbons (Fsp3) is 0.562. The molecule has 4 heteroatoms. The quantitative estimate of drug-likeness (QED) is 0.743. The lowest BCUT2D eigenvalue weighted by molar-refractivity contribution is -0.145. The Morgan fingerprint density at radius 3 is 2.70 bits per heavy atom. The number of nitrogens with one attached hydrogen (secondary N) is 1. The molecule has 112 valence electrons. The van der Waals surface area contributed by atoms with E-state index in [9.17, 15) is 4.79 Å². The molecule has 1 rings (SSSR count). The van der Waals surface area contributed by atoms with Crippen molar-refractivity contribution in [3.63, 3.8) is 0 Å². The van der Waals surface area contributed by atoms with Crippen LogP contribution < -0.4 is 10.1 Å². The molecule has 0 amide bonds. The van der Waals surface area contributed by atoms with Gasteiger partial charge in [-0.3, -0.25) is 0 Å². The summed E-state index contributed by atoms with van der Waals surface area (Å²) in [6, 6.07) is 6.34. The maximum absolute atomic E-state index is 11.3. The van der Waals surface area contributed by atoms with Crippen molar-refractivity contribution in [3.8, 4) is 5.75 Å². The monoisotopic (exact) mass is 279 g/mol. The van der Waals surface area contributed by atoms with Crippen LogP contribution in [0.5, 0.6) is 5.75 Å². The zero-order valence-corrected chi connectivity index (χ0v) is 12.9. The Kier molecular flexibility index (Phi) is 7.09. The van der Waals surface area contributed by atoms with Crippen LogP contribution in [0.3, 0.4) is 0 Å². The highest BCUT2D eigenvalue weighted by molar-refractivity contribution is 5.71. The van der Waals surface area contributed by atoms with Crippen LogP contribution in [0.4, 0.5) is 0 Å². The van der Waals surface area contributed by atoms with Gasteiger partial charge in [0.2, 0.25) is 0 Å². The van der Waals surface area contributed by atoms with Crippen LogP contribution in [0.1, 0.15) is 44.4 Å². The highest BCUT2D eigenvalue weighted by Crippen LogP contribution is 2.22. The van der Waals surface area contributed by atoms with E-state index < -0.39 is 0 Å². The van der Waals surface area contributed by atoms with Gasteiger partial charge in [0.05, 0.1) is 6.61 Å². The standard InChI is InChI=1S/C16H25NO3/c1-5-9-17-13(4)14-7-8-15(12(3)10-14)20-11-16(18)19-6-2/h7-8,10,13,17H,5-6,9,11H2,1-4H3. The maximum atomic E-state index is 11.3. The number of aryl methyl sites for hydroxylation is 1. The van der Waals surface area contributed by atoms with Crippen LogP contribution in [0.25, 0.3) is 0 Å². The van der Waals surface area contributed by atoms with E-state index in [0.717, 1.165) is 24.3 Å². The molecule has 0 saturated carbocycles. The molecule has 1 N–H and O–H groups in total. The average Bonchev–Trinajstić information content (AvgIpc) is 2.43. The van der Waals surface area contributed by atoms with E-state index in [1.807, 2.05) is 19.1 Å². The van der Waals surface area contributed by atoms with Crippen molar-refractivity contribution in [3.05, 3.63) is 29.3 Å². The summed E-state index contributed by atoms with van der Waals surface area (Å²) in [5, 5.41) is 3.45. The zero-order valence-electron chi connectivity index (χ0n) is 12.9. The predicted octanol–water partition coefficient (Wildman–Crippen LogP) is 3.00. The van der Waals surface area contributed by atoms with Crippen LogP contribution in [0, 0.1) is 6.92 Å². The van der Waals surface area contributed by atoms with E-state index in [2.05, 4.69) is 25.2 Å². The summed E-state index contributed by atoms with van der Waals surface area (Å²) >= 11 is 0. The number of benzene rings is 1. The van der Waals surface area contributed by atoms with Gasteiger partial charge in [-0.15, -0.1) is 0 Å². The fourth-order valence-electron chi connectivity index (χ4n) is 1.92. The first-order valence-corrected chi connectivity index (χ1v) is 7.20. The summed E-state index contributed by atoms with van der Waals surface area (Å²) < 4.78 is 10.3. The van der Waals surface area contributed by atoms with Crippen LogP contribution in [0.15, 0.2) is 18.2 Å². The molecule has 0 radical (unpaired) electrons. The van der Waals surface area contributed by atoms with E-state index >= 15 is 0 Å². The molecule has 4 nitrogen and oxygen atoms in total. The van der Waals surface area contributed by atoms with Crippen molar-refractivity contribution in [2.75, 3.05) is 19.8 Å². The number of hydrogen-bond acceptors (Lipinski definition) is 4. The second kappa shape index (κ2) is 8.59. The average molecular weight is 279 g/mol. The molecular formula is C16H25NO3. The number of esters is 1. The Morgan fingerprint density at radius 2 is 2.10 bits per heavy atom. The number of hydrogen-bond donors (Lipinski definition) is 1. The Bertz CT molecular complexity index is 432. The van der Waals surface area contributed by atoms with E-state index in [1.54, 1.807) is 6.92 Å². The summed E-state index contributed by atoms with van der Waals surface area (Å²) in [7, 11) is 0. The minimum atomic E-state index is -0.339. The van der Waals surface area contributed by atoms with Crippen molar-refractivity contribution in [2.24, 2.45) is 0 Å². The van der Waals surface area contributed by atoms with Crippen molar-refractivity contribution in [1.29, 1.82) is 0 Å². The number of carbonyl (C=O) groups excluding carboxylic acids is 1. The van der Waals surface area contributed by atoms with Gasteiger partial charge in [-0.25, -0.2) is 4.79 Å². The minimum Gasteiger partial charge on any atom is -0.482 e. The largest absolute Gasteiger partial charge is 0.482 e. The highest BCUT2D eigenvalue weighted by atomic mass is 16.6. The summed E-state index contributed by atoms with van der Waals surface area (Å²) in [5.41, 5.74) is 2.25. The van der Waals surface area contributed by atoms with Gasteiger partial charge in [-0.2, -0.15) is 0 Å². The Balaban J connectivity index is 2.61. The third-order valence-corrected chi connectivity index (χ3v) is 3.05. The molecule has 0 aliphatic heterocycles. The van der Waals surface area contributed by atoms with Gasteiger partial charge in [0.15, 0.2) is 6.61 Å². The molecule has 0 fully saturated rings. The molecule has 0 aliphatic carbocycles. The van der Waals surface area contributed by atoms with Gasteiger partial charge in [-0.05, 0) is 50.9 Å².